The lowest BCUT2D eigenvalue weighted by Gasteiger charge is -2.32. The fourth-order valence-electron chi connectivity index (χ4n) is 3.32. The van der Waals surface area contributed by atoms with Gasteiger partial charge in [0.15, 0.2) is 0 Å². The number of nitrogens with one attached hydrogen (secondary N) is 2. The molecule has 156 valence electrons. The molecule has 2 N–H and O–H groups in total. The number of anilines is 5. The molecule has 3 heterocycles. The molecule has 1 aliphatic heterocycles. The Morgan fingerprint density at radius 1 is 0.867 bits per heavy atom. The Morgan fingerprint density at radius 2 is 1.63 bits per heavy atom. The standard InChI is InChI=1S/C22H28N8/c1-4-19-25-21(28-22(27-19)30-14-12-29(3)13-15-30)26-20-11-10-18(16(2)23-20)24-17-8-6-5-7-9-17/h5-11,24H,4,12-15H2,1-3H3,(H,23,25,26,27,28). The van der Waals surface area contributed by atoms with Gasteiger partial charge in [0, 0.05) is 38.3 Å². The molecular weight excluding hydrogens is 376 g/mol. The van der Waals surface area contributed by atoms with Crippen molar-refractivity contribution in [1.29, 1.82) is 0 Å². The lowest BCUT2D eigenvalue weighted by Crippen LogP contribution is -2.45. The second kappa shape index (κ2) is 9.04. The molecule has 3 aromatic rings. The van der Waals surface area contributed by atoms with Gasteiger partial charge in [-0.15, -0.1) is 0 Å². The zero-order valence-corrected chi connectivity index (χ0v) is 17.8. The number of pyridine rings is 1. The van der Waals surface area contributed by atoms with Crippen molar-refractivity contribution in [2.24, 2.45) is 0 Å². The number of aromatic nitrogens is 4. The fourth-order valence-corrected chi connectivity index (χ4v) is 3.32. The molecule has 30 heavy (non-hydrogen) atoms. The number of benzene rings is 1. The van der Waals surface area contributed by atoms with Crippen molar-refractivity contribution in [3.63, 3.8) is 0 Å². The molecule has 0 saturated carbocycles. The summed E-state index contributed by atoms with van der Waals surface area (Å²) in [4.78, 5) is 23.1. The van der Waals surface area contributed by atoms with Crippen LogP contribution in [0.2, 0.25) is 0 Å². The van der Waals surface area contributed by atoms with Crippen LogP contribution in [0.15, 0.2) is 42.5 Å². The largest absolute Gasteiger partial charge is 0.354 e. The van der Waals surface area contributed by atoms with Crippen molar-refractivity contribution >= 4 is 29.1 Å². The number of para-hydroxylation sites is 1. The number of nitrogens with zero attached hydrogens (tertiary/aromatic N) is 6. The minimum absolute atomic E-state index is 0.534. The molecule has 0 bridgehead atoms. The van der Waals surface area contributed by atoms with Crippen LogP contribution >= 0.6 is 0 Å². The van der Waals surface area contributed by atoms with E-state index >= 15 is 0 Å². The molecule has 0 radical (unpaired) electrons. The van der Waals surface area contributed by atoms with Gasteiger partial charge in [-0.3, -0.25) is 0 Å². The second-order valence-corrected chi connectivity index (χ2v) is 7.46. The van der Waals surface area contributed by atoms with Crippen molar-refractivity contribution in [3.8, 4) is 0 Å². The zero-order chi connectivity index (χ0) is 20.9. The number of hydrogen-bond donors (Lipinski definition) is 2. The van der Waals surface area contributed by atoms with Crippen molar-refractivity contribution < 1.29 is 0 Å². The summed E-state index contributed by atoms with van der Waals surface area (Å²) in [6.45, 7) is 7.88. The summed E-state index contributed by atoms with van der Waals surface area (Å²) in [6.07, 6.45) is 0.754. The van der Waals surface area contributed by atoms with Crippen molar-refractivity contribution in [2.45, 2.75) is 20.3 Å². The summed E-state index contributed by atoms with van der Waals surface area (Å²) in [7, 11) is 2.14. The fraction of sp³-hybridized carbons (Fsp3) is 0.364. The second-order valence-electron chi connectivity index (χ2n) is 7.46. The first kappa shape index (κ1) is 20.0. The first-order valence-corrected chi connectivity index (χ1v) is 10.4. The van der Waals surface area contributed by atoms with Crippen molar-refractivity contribution in [2.75, 3.05) is 48.8 Å². The molecule has 0 atom stereocenters. The molecule has 1 fully saturated rings. The number of hydrogen-bond acceptors (Lipinski definition) is 8. The van der Waals surface area contributed by atoms with E-state index in [1.54, 1.807) is 0 Å². The molecule has 1 aliphatic rings. The summed E-state index contributed by atoms with van der Waals surface area (Å²) in [5, 5.41) is 6.66. The predicted octanol–water partition coefficient (Wildman–Crippen LogP) is 3.38. The molecule has 8 heteroatoms. The molecule has 1 saturated heterocycles. The van der Waals surface area contributed by atoms with Crippen LogP contribution in [0.5, 0.6) is 0 Å². The van der Waals surface area contributed by atoms with Gasteiger partial charge >= 0.3 is 0 Å². The Bertz CT molecular complexity index is 984. The van der Waals surface area contributed by atoms with Crippen LogP contribution < -0.4 is 15.5 Å². The van der Waals surface area contributed by atoms with Crippen LogP contribution in [0.4, 0.5) is 29.1 Å². The third-order valence-corrected chi connectivity index (χ3v) is 5.15. The highest BCUT2D eigenvalue weighted by molar-refractivity contribution is 5.64. The summed E-state index contributed by atoms with van der Waals surface area (Å²) in [6, 6.07) is 14.0. The normalized spacial score (nSPS) is 14.6. The molecule has 1 aromatic carbocycles. The molecule has 2 aromatic heterocycles. The summed E-state index contributed by atoms with van der Waals surface area (Å²) in [5.74, 6) is 2.76. The van der Waals surface area contributed by atoms with Crippen LogP contribution in [-0.4, -0.2) is 58.1 Å². The Morgan fingerprint density at radius 3 is 2.33 bits per heavy atom. The summed E-state index contributed by atoms with van der Waals surface area (Å²) >= 11 is 0. The van der Waals surface area contributed by atoms with E-state index in [0.29, 0.717) is 11.8 Å². The quantitative estimate of drug-likeness (QED) is 0.647. The molecule has 4 rings (SSSR count). The van der Waals surface area contributed by atoms with Gasteiger partial charge in [0.05, 0.1) is 11.4 Å². The SMILES string of the molecule is CCc1nc(Nc2ccc(Nc3ccccc3)c(C)n2)nc(N2CCN(C)CC2)n1. The van der Waals surface area contributed by atoms with Gasteiger partial charge in [-0.2, -0.15) is 15.0 Å². The Hall–Kier alpha value is -3.26. The van der Waals surface area contributed by atoms with E-state index in [4.69, 9.17) is 0 Å². The highest BCUT2D eigenvalue weighted by Gasteiger charge is 2.18. The Balaban J connectivity index is 1.52. The molecule has 0 spiro atoms. The summed E-state index contributed by atoms with van der Waals surface area (Å²) in [5.41, 5.74) is 2.90. The average Bonchev–Trinajstić information content (AvgIpc) is 2.76. The van der Waals surface area contributed by atoms with Crippen LogP contribution in [0, 0.1) is 6.92 Å². The maximum absolute atomic E-state index is 4.68. The summed E-state index contributed by atoms with van der Waals surface area (Å²) < 4.78 is 0. The minimum atomic E-state index is 0.534. The Labute approximate surface area is 177 Å². The van der Waals surface area contributed by atoms with Gasteiger partial charge in [-0.25, -0.2) is 4.98 Å². The minimum Gasteiger partial charge on any atom is -0.354 e. The van der Waals surface area contributed by atoms with Crippen molar-refractivity contribution in [3.05, 3.63) is 54.0 Å². The molecule has 8 nitrogen and oxygen atoms in total. The van der Waals surface area contributed by atoms with Gasteiger partial charge in [0.2, 0.25) is 11.9 Å². The maximum Gasteiger partial charge on any atom is 0.233 e. The van der Waals surface area contributed by atoms with Gasteiger partial charge in [0.25, 0.3) is 0 Å². The highest BCUT2D eigenvalue weighted by atomic mass is 15.3. The van der Waals surface area contributed by atoms with E-state index in [1.807, 2.05) is 49.4 Å². The van der Waals surface area contributed by atoms with Crippen molar-refractivity contribution in [1.82, 2.24) is 24.8 Å². The third-order valence-electron chi connectivity index (χ3n) is 5.15. The highest BCUT2D eigenvalue weighted by Crippen LogP contribution is 2.22. The average molecular weight is 405 g/mol. The predicted molar refractivity (Wildman–Crippen MR) is 121 cm³/mol. The Kier molecular flexibility index (Phi) is 6.04. The maximum atomic E-state index is 4.68. The number of likely N-dealkylation sites (N-methyl/N-ethyl adjacent to an activating group) is 1. The molecule has 0 aliphatic carbocycles. The van der Waals surface area contributed by atoms with Gasteiger partial charge in [0.1, 0.15) is 11.6 Å². The van der Waals surface area contributed by atoms with Crippen LogP contribution in [0.1, 0.15) is 18.4 Å². The van der Waals surface area contributed by atoms with E-state index in [1.165, 1.54) is 0 Å². The smallest absolute Gasteiger partial charge is 0.233 e. The van der Waals surface area contributed by atoms with Gasteiger partial charge in [-0.05, 0) is 38.2 Å². The zero-order valence-electron chi connectivity index (χ0n) is 17.8. The monoisotopic (exact) mass is 404 g/mol. The third kappa shape index (κ3) is 4.83. The number of piperazine rings is 1. The topological polar surface area (TPSA) is 82.1 Å². The first-order valence-electron chi connectivity index (χ1n) is 10.4. The first-order chi connectivity index (χ1) is 14.6. The van der Waals surface area contributed by atoms with E-state index in [0.717, 1.165) is 61.4 Å². The molecule has 0 amide bonds. The van der Waals surface area contributed by atoms with E-state index < -0.39 is 0 Å². The van der Waals surface area contributed by atoms with E-state index in [-0.39, 0.29) is 0 Å². The lowest BCUT2D eigenvalue weighted by molar-refractivity contribution is 0.311. The van der Waals surface area contributed by atoms with E-state index in [2.05, 4.69) is 54.3 Å². The molecular formula is C22H28N8. The van der Waals surface area contributed by atoms with Gasteiger partial charge in [-0.1, -0.05) is 25.1 Å². The lowest BCUT2D eigenvalue weighted by atomic mass is 10.2. The number of rotatable bonds is 6. The van der Waals surface area contributed by atoms with Crippen LogP contribution in [0.25, 0.3) is 0 Å². The molecule has 0 unspecified atom stereocenters. The van der Waals surface area contributed by atoms with E-state index in [9.17, 15) is 0 Å². The van der Waals surface area contributed by atoms with Crippen LogP contribution in [0.3, 0.4) is 0 Å². The number of aryl methyl sites for hydroxylation is 2. The van der Waals surface area contributed by atoms with Gasteiger partial charge < -0.3 is 20.4 Å². The van der Waals surface area contributed by atoms with Crippen LogP contribution in [-0.2, 0) is 6.42 Å².